The van der Waals surface area contributed by atoms with Crippen molar-refractivity contribution in [2.24, 2.45) is 5.84 Å². The van der Waals surface area contributed by atoms with E-state index in [4.69, 9.17) is 20.4 Å². The van der Waals surface area contributed by atoms with Gasteiger partial charge in [0.15, 0.2) is 11.5 Å². The standard InChI is InChI=1S/C8H8N2O4/c9-10-5-2-7-6(13-3-14-7)1-4(5)8(11)12/h1-2,10H,3,9H2,(H,11,12). The zero-order chi connectivity index (χ0) is 10.1. The summed E-state index contributed by atoms with van der Waals surface area (Å²) < 4.78 is 10.1. The minimum absolute atomic E-state index is 0.0525. The van der Waals surface area contributed by atoms with Crippen LogP contribution in [0.1, 0.15) is 10.4 Å². The van der Waals surface area contributed by atoms with Crippen molar-refractivity contribution in [3.05, 3.63) is 17.7 Å². The van der Waals surface area contributed by atoms with E-state index < -0.39 is 5.97 Å². The number of fused-ring (bicyclic) bond motifs is 1. The highest BCUT2D eigenvalue weighted by molar-refractivity contribution is 5.95. The molecule has 4 N–H and O–H groups in total. The highest BCUT2D eigenvalue weighted by atomic mass is 16.7. The first-order valence-electron chi connectivity index (χ1n) is 3.86. The van der Waals surface area contributed by atoms with Crippen molar-refractivity contribution in [3.63, 3.8) is 0 Å². The summed E-state index contributed by atoms with van der Waals surface area (Å²) in [7, 11) is 0. The number of hydrogen-bond donors (Lipinski definition) is 3. The molecule has 1 aliphatic heterocycles. The second kappa shape index (κ2) is 3.08. The maximum absolute atomic E-state index is 10.8. The van der Waals surface area contributed by atoms with Crippen LogP contribution in [0.4, 0.5) is 5.69 Å². The molecule has 6 nitrogen and oxygen atoms in total. The Labute approximate surface area is 79.2 Å². The SMILES string of the molecule is NNc1cc2c(cc1C(=O)O)OCO2. The summed E-state index contributed by atoms with van der Waals surface area (Å²) in [4.78, 5) is 10.8. The molecular formula is C8H8N2O4. The molecule has 0 radical (unpaired) electrons. The van der Waals surface area contributed by atoms with Gasteiger partial charge in [-0.05, 0) is 0 Å². The monoisotopic (exact) mass is 196 g/mol. The number of carboxylic acid groups (broad SMARTS) is 1. The fourth-order valence-electron chi connectivity index (χ4n) is 1.24. The maximum atomic E-state index is 10.8. The van der Waals surface area contributed by atoms with E-state index in [0.29, 0.717) is 17.2 Å². The molecule has 0 saturated heterocycles. The lowest BCUT2D eigenvalue weighted by Crippen LogP contribution is -2.11. The predicted molar refractivity (Wildman–Crippen MR) is 47.3 cm³/mol. The molecule has 14 heavy (non-hydrogen) atoms. The molecule has 0 unspecified atom stereocenters. The summed E-state index contributed by atoms with van der Waals surface area (Å²) in [5.74, 6) is 5.01. The van der Waals surface area contributed by atoms with Gasteiger partial charge in [-0.1, -0.05) is 0 Å². The molecule has 1 aromatic carbocycles. The number of nitrogens with one attached hydrogen (secondary N) is 1. The van der Waals surface area contributed by atoms with E-state index in [-0.39, 0.29) is 12.4 Å². The van der Waals surface area contributed by atoms with E-state index in [1.54, 1.807) is 0 Å². The number of carbonyl (C=O) groups is 1. The van der Waals surface area contributed by atoms with Crippen LogP contribution in [0.5, 0.6) is 11.5 Å². The van der Waals surface area contributed by atoms with Gasteiger partial charge in [-0.15, -0.1) is 0 Å². The van der Waals surface area contributed by atoms with Crippen LogP contribution in [-0.2, 0) is 0 Å². The molecule has 1 aliphatic rings. The van der Waals surface area contributed by atoms with Gasteiger partial charge in [-0.3, -0.25) is 5.84 Å². The van der Waals surface area contributed by atoms with Crippen molar-refractivity contribution in [1.29, 1.82) is 0 Å². The Morgan fingerprint density at radius 2 is 2.07 bits per heavy atom. The Morgan fingerprint density at radius 3 is 2.64 bits per heavy atom. The molecule has 1 aromatic rings. The maximum Gasteiger partial charge on any atom is 0.337 e. The Balaban J connectivity index is 2.54. The number of nitrogens with two attached hydrogens (primary N) is 1. The smallest absolute Gasteiger partial charge is 0.337 e. The number of carboxylic acids is 1. The fraction of sp³-hybridized carbons (Fsp3) is 0.125. The number of aromatic carboxylic acids is 1. The van der Waals surface area contributed by atoms with Gasteiger partial charge in [0.05, 0.1) is 11.3 Å². The van der Waals surface area contributed by atoms with Crippen LogP contribution in [-0.4, -0.2) is 17.9 Å². The van der Waals surface area contributed by atoms with E-state index in [1.807, 2.05) is 0 Å². The number of ether oxygens (including phenoxy) is 2. The number of benzene rings is 1. The summed E-state index contributed by atoms with van der Waals surface area (Å²) in [5.41, 5.74) is 2.64. The lowest BCUT2D eigenvalue weighted by atomic mass is 10.1. The van der Waals surface area contributed by atoms with Crippen LogP contribution in [0.3, 0.4) is 0 Å². The number of anilines is 1. The molecule has 1 heterocycles. The molecule has 0 spiro atoms. The van der Waals surface area contributed by atoms with Crippen molar-refractivity contribution in [2.75, 3.05) is 12.2 Å². The summed E-state index contributed by atoms with van der Waals surface area (Å²) in [6, 6.07) is 2.87. The summed E-state index contributed by atoms with van der Waals surface area (Å²) >= 11 is 0. The van der Waals surface area contributed by atoms with Crippen molar-refractivity contribution in [2.45, 2.75) is 0 Å². The summed E-state index contributed by atoms with van der Waals surface area (Å²) in [5, 5.41) is 8.84. The zero-order valence-electron chi connectivity index (χ0n) is 7.11. The van der Waals surface area contributed by atoms with Crippen molar-refractivity contribution >= 4 is 11.7 Å². The molecule has 74 valence electrons. The van der Waals surface area contributed by atoms with Gasteiger partial charge in [-0.25, -0.2) is 4.79 Å². The fourth-order valence-corrected chi connectivity index (χ4v) is 1.24. The minimum Gasteiger partial charge on any atom is -0.478 e. The molecule has 0 amide bonds. The van der Waals surface area contributed by atoms with Gasteiger partial charge in [0, 0.05) is 12.1 Å². The minimum atomic E-state index is -1.07. The molecule has 0 fully saturated rings. The summed E-state index contributed by atoms with van der Waals surface area (Å²) in [6.45, 7) is 0.0996. The van der Waals surface area contributed by atoms with Crippen LogP contribution in [0.25, 0.3) is 0 Å². The van der Waals surface area contributed by atoms with E-state index >= 15 is 0 Å². The second-order valence-corrected chi connectivity index (χ2v) is 2.70. The van der Waals surface area contributed by atoms with Crippen LogP contribution in [0, 0.1) is 0 Å². The van der Waals surface area contributed by atoms with Gasteiger partial charge in [0.2, 0.25) is 6.79 Å². The first kappa shape index (κ1) is 8.64. The largest absolute Gasteiger partial charge is 0.478 e. The summed E-state index contributed by atoms with van der Waals surface area (Å²) in [6.07, 6.45) is 0. The van der Waals surface area contributed by atoms with Crippen LogP contribution in [0.15, 0.2) is 12.1 Å². The molecule has 0 bridgehead atoms. The van der Waals surface area contributed by atoms with Crippen molar-refractivity contribution in [3.8, 4) is 11.5 Å². The Morgan fingerprint density at radius 1 is 1.43 bits per heavy atom. The van der Waals surface area contributed by atoms with Crippen LogP contribution >= 0.6 is 0 Å². The first-order valence-corrected chi connectivity index (χ1v) is 3.86. The molecule has 0 atom stereocenters. The third kappa shape index (κ3) is 1.21. The Hall–Kier alpha value is -1.95. The topological polar surface area (TPSA) is 93.8 Å². The van der Waals surface area contributed by atoms with Crippen molar-refractivity contribution in [1.82, 2.24) is 0 Å². The number of rotatable bonds is 2. The van der Waals surface area contributed by atoms with Crippen LogP contribution < -0.4 is 20.7 Å². The van der Waals surface area contributed by atoms with Gasteiger partial charge >= 0.3 is 5.97 Å². The third-order valence-electron chi connectivity index (χ3n) is 1.90. The predicted octanol–water partition coefficient (Wildman–Crippen LogP) is 0.399. The third-order valence-corrected chi connectivity index (χ3v) is 1.90. The molecule has 0 aromatic heterocycles. The van der Waals surface area contributed by atoms with E-state index in [2.05, 4.69) is 5.43 Å². The van der Waals surface area contributed by atoms with Gasteiger partial charge in [-0.2, -0.15) is 0 Å². The molecule has 2 rings (SSSR count). The van der Waals surface area contributed by atoms with E-state index in [9.17, 15) is 4.79 Å². The molecular weight excluding hydrogens is 188 g/mol. The number of nitrogen functional groups attached to an aromatic ring is 1. The Kier molecular flexibility index (Phi) is 1.90. The Bertz CT molecular complexity index is 391. The quantitative estimate of drug-likeness (QED) is 0.468. The second-order valence-electron chi connectivity index (χ2n) is 2.70. The van der Waals surface area contributed by atoms with Crippen molar-refractivity contribution < 1.29 is 19.4 Å². The average molecular weight is 196 g/mol. The highest BCUT2D eigenvalue weighted by Crippen LogP contribution is 2.36. The molecule has 0 saturated carbocycles. The van der Waals surface area contributed by atoms with Gasteiger partial charge in [0.1, 0.15) is 0 Å². The number of hydrogen-bond acceptors (Lipinski definition) is 5. The lowest BCUT2D eigenvalue weighted by molar-refractivity contribution is 0.0697. The molecule has 0 aliphatic carbocycles. The zero-order valence-corrected chi connectivity index (χ0v) is 7.11. The van der Waals surface area contributed by atoms with Gasteiger partial charge in [0.25, 0.3) is 0 Å². The number of hydrazine groups is 1. The van der Waals surface area contributed by atoms with Crippen LogP contribution in [0.2, 0.25) is 0 Å². The van der Waals surface area contributed by atoms with Gasteiger partial charge < -0.3 is 20.0 Å². The molecule has 6 heteroatoms. The first-order chi connectivity index (χ1) is 6.72. The van der Waals surface area contributed by atoms with E-state index in [0.717, 1.165) is 0 Å². The average Bonchev–Trinajstić information content (AvgIpc) is 2.62. The lowest BCUT2D eigenvalue weighted by Gasteiger charge is -2.05. The highest BCUT2D eigenvalue weighted by Gasteiger charge is 2.19. The normalized spacial score (nSPS) is 12.6. The van der Waals surface area contributed by atoms with E-state index in [1.165, 1.54) is 12.1 Å².